The number of benzene rings is 2. The molecule has 0 bridgehead atoms. The van der Waals surface area contributed by atoms with Crippen molar-refractivity contribution < 1.29 is 9.53 Å². The van der Waals surface area contributed by atoms with Crippen LogP contribution in [0.25, 0.3) is 11.1 Å². The number of hydrogen-bond donors (Lipinski definition) is 0. The van der Waals surface area contributed by atoms with Gasteiger partial charge >= 0.3 is 6.09 Å². The molecule has 3 aliphatic heterocycles. The normalized spacial score (nSPS) is 22.5. The van der Waals surface area contributed by atoms with Crippen LogP contribution >= 0.6 is 11.6 Å². The highest BCUT2D eigenvalue weighted by molar-refractivity contribution is 6.30. The summed E-state index contributed by atoms with van der Waals surface area (Å²) in [7, 11) is 0. The third-order valence-corrected chi connectivity index (χ3v) is 6.77. The lowest BCUT2D eigenvalue weighted by Gasteiger charge is -2.40. The average molecular weight is 425 g/mol. The molecule has 1 fully saturated rings. The zero-order valence-electron chi connectivity index (χ0n) is 18.0. The second-order valence-corrected chi connectivity index (χ2v) is 10.2. The predicted molar refractivity (Wildman–Crippen MR) is 122 cm³/mol. The molecule has 1 amide bonds. The summed E-state index contributed by atoms with van der Waals surface area (Å²) in [5, 5.41) is 0.759. The highest BCUT2D eigenvalue weighted by Gasteiger charge is 2.45. The maximum Gasteiger partial charge on any atom is 0.410 e. The molecular formula is C25H29ClN2O2. The lowest BCUT2D eigenvalue weighted by atomic mass is 9.87. The van der Waals surface area contributed by atoms with Crippen molar-refractivity contribution in [2.45, 2.75) is 57.6 Å². The van der Waals surface area contributed by atoms with Crippen LogP contribution in [0.15, 0.2) is 36.4 Å². The second kappa shape index (κ2) is 7.19. The molecule has 0 aliphatic carbocycles. The lowest BCUT2D eigenvalue weighted by Crippen LogP contribution is -2.49. The zero-order valence-corrected chi connectivity index (χ0v) is 18.7. The van der Waals surface area contributed by atoms with Crippen molar-refractivity contribution >= 4 is 23.4 Å². The minimum atomic E-state index is -0.469. The highest BCUT2D eigenvalue weighted by Crippen LogP contribution is 2.50. The van der Waals surface area contributed by atoms with Crippen LogP contribution in [-0.4, -0.2) is 42.3 Å². The molecule has 5 heteroatoms. The summed E-state index contributed by atoms with van der Waals surface area (Å²) >= 11 is 6.27. The number of amides is 1. The number of carbonyl (C=O) groups excluding carboxylic acids is 1. The van der Waals surface area contributed by atoms with Crippen LogP contribution < -0.4 is 4.90 Å². The van der Waals surface area contributed by atoms with E-state index in [0.29, 0.717) is 12.0 Å². The molecule has 30 heavy (non-hydrogen) atoms. The number of hydrogen-bond acceptors (Lipinski definition) is 3. The summed E-state index contributed by atoms with van der Waals surface area (Å²) in [6.45, 7) is 8.38. The Hall–Kier alpha value is -2.20. The summed E-state index contributed by atoms with van der Waals surface area (Å²) in [6.07, 6.45) is 3.10. The molecule has 158 valence electrons. The first-order valence-corrected chi connectivity index (χ1v) is 11.4. The van der Waals surface area contributed by atoms with Crippen molar-refractivity contribution in [3.05, 3.63) is 52.5 Å². The molecule has 1 saturated heterocycles. The van der Waals surface area contributed by atoms with Crippen LogP contribution in [0, 0.1) is 0 Å². The fourth-order valence-corrected chi connectivity index (χ4v) is 5.56. The Labute approximate surface area is 183 Å². The summed E-state index contributed by atoms with van der Waals surface area (Å²) in [5.41, 5.74) is 6.16. The number of piperidine rings is 1. The largest absolute Gasteiger partial charge is 0.444 e. The van der Waals surface area contributed by atoms with E-state index < -0.39 is 5.60 Å². The Balaban J connectivity index is 1.51. The van der Waals surface area contributed by atoms with Crippen molar-refractivity contribution in [1.82, 2.24) is 4.90 Å². The van der Waals surface area contributed by atoms with Crippen LogP contribution in [-0.2, 0) is 11.2 Å². The predicted octanol–water partition coefficient (Wildman–Crippen LogP) is 5.87. The van der Waals surface area contributed by atoms with Crippen molar-refractivity contribution in [2.75, 3.05) is 24.5 Å². The quantitative estimate of drug-likeness (QED) is 0.574. The third-order valence-electron chi connectivity index (χ3n) is 6.54. The van der Waals surface area contributed by atoms with Gasteiger partial charge in [0.1, 0.15) is 5.60 Å². The van der Waals surface area contributed by atoms with Gasteiger partial charge in [-0.25, -0.2) is 4.79 Å². The third kappa shape index (κ3) is 3.45. The van der Waals surface area contributed by atoms with E-state index in [1.54, 1.807) is 0 Å². The van der Waals surface area contributed by atoms with Gasteiger partial charge in [0.15, 0.2) is 0 Å². The van der Waals surface area contributed by atoms with Crippen LogP contribution in [0.4, 0.5) is 10.5 Å². The van der Waals surface area contributed by atoms with Crippen LogP contribution in [0.3, 0.4) is 0 Å². The topological polar surface area (TPSA) is 32.8 Å². The van der Waals surface area contributed by atoms with Crippen molar-refractivity contribution in [2.24, 2.45) is 0 Å². The maximum atomic E-state index is 12.7. The van der Waals surface area contributed by atoms with E-state index in [4.69, 9.17) is 16.3 Å². The smallest absolute Gasteiger partial charge is 0.410 e. The van der Waals surface area contributed by atoms with Gasteiger partial charge in [-0.2, -0.15) is 0 Å². The van der Waals surface area contributed by atoms with Gasteiger partial charge in [-0.05, 0) is 86.6 Å². The molecule has 5 rings (SSSR count). The zero-order chi connectivity index (χ0) is 21.0. The van der Waals surface area contributed by atoms with Crippen molar-refractivity contribution in [3.8, 4) is 11.1 Å². The number of likely N-dealkylation sites (tertiary alicyclic amines) is 1. The Bertz CT molecular complexity index is 997. The molecule has 2 aromatic rings. The Morgan fingerprint density at radius 3 is 2.73 bits per heavy atom. The van der Waals surface area contributed by atoms with Gasteiger partial charge < -0.3 is 14.5 Å². The molecule has 0 aromatic heterocycles. The van der Waals surface area contributed by atoms with Gasteiger partial charge in [0.05, 0.1) is 0 Å². The van der Waals surface area contributed by atoms with Gasteiger partial charge in [-0.15, -0.1) is 0 Å². The van der Waals surface area contributed by atoms with E-state index in [-0.39, 0.29) is 6.09 Å². The summed E-state index contributed by atoms with van der Waals surface area (Å²) in [6, 6.07) is 13.3. The fourth-order valence-electron chi connectivity index (χ4n) is 5.37. The van der Waals surface area contributed by atoms with Crippen LogP contribution in [0.2, 0.25) is 5.02 Å². The van der Waals surface area contributed by atoms with E-state index in [2.05, 4.69) is 23.1 Å². The monoisotopic (exact) mass is 424 g/mol. The van der Waals surface area contributed by atoms with Crippen LogP contribution in [0.5, 0.6) is 0 Å². The highest BCUT2D eigenvalue weighted by atomic mass is 35.5. The number of fused-ring (bicyclic) bond motifs is 3. The minimum absolute atomic E-state index is 0.193. The summed E-state index contributed by atoms with van der Waals surface area (Å²) in [4.78, 5) is 17.3. The first-order valence-electron chi connectivity index (χ1n) is 11.0. The second-order valence-electron chi connectivity index (χ2n) is 9.77. The average Bonchev–Trinajstić information content (AvgIpc) is 3.02. The number of carbonyl (C=O) groups is 1. The van der Waals surface area contributed by atoms with E-state index in [0.717, 1.165) is 43.1 Å². The van der Waals surface area contributed by atoms with Gasteiger partial charge in [0.2, 0.25) is 0 Å². The maximum absolute atomic E-state index is 12.7. The molecule has 0 spiro atoms. The number of aryl methyl sites for hydroxylation is 1. The molecule has 0 saturated carbocycles. The number of ether oxygens (including phenoxy) is 1. The fraction of sp³-hybridized carbons (Fsp3) is 0.480. The van der Waals surface area contributed by atoms with Crippen molar-refractivity contribution in [3.63, 3.8) is 0 Å². The SMILES string of the molecule is CC(C)(C)OC(=O)N1CC[C@H]2[C@@H](C1)c1cc(-c3cccc(Cl)c3)cc3c1N2CCC3. The minimum Gasteiger partial charge on any atom is -0.444 e. The molecule has 3 heterocycles. The molecular weight excluding hydrogens is 396 g/mol. The van der Waals surface area contributed by atoms with E-state index >= 15 is 0 Å². The molecule has 0 radical (unpaired) electrons. The number of nitrogens with zero attached hydrogens (tertiary/aromatic N) is 2. The van der Waals surface area contributed by atoms with E-state index in [1.165, 1.54) is 28.8 Å². The van der Waals surface area contributed by atoms with E-state index in [1.807, 2.05) is 43.9 Å². The Kier molecular flexibility index (Phi) is 4.73. The van der Waals surface area contributed by atoms with Crippen molar-refractivity contribution in [1.29, 1.82) is 0 Å². The molecule has 0 unspecified atom stereocenters. The molecule has 2 aromatic carbocycles. The standard InChI is InChI=1S/C25H29ClN2O2/c1-25(2,3)30-24(29)27-11-9-22-21(15-27)20-14-18(16-6-4-8-19(26)13-16)12-17-7-5-10-28(22)23(17)20/h4,6,8,12-14,21-22H,5,7,9-11,15H2,1-3H3/t21-,22-/m0/s1. The van der Waals surface area contributed by atoms with Crippen LogP contribution in [0.1, 0.15) is 50.7 Å². The van der Waals surface area contributed by atoms with E-state index in [9.17, 15) is 4.79 Å². The van der Waals surface area contributed by atoms with Gasteiger partial charge in [0, 0.05) is 42.3 Å². The molecule has 2 atom stereocenters. The van der Waals surface area contributed by atoms with Gasteiger partial charge in [0.25, 0.3) is 0 Å². The van der Waals surface area contributed by atoms with Gasteiger partial charge in [-0.1, -0.05) is 23.7 Å². The van der Waals surface area contributed by atoms with Gasteiger partial charge in [-0.3, -0.25) is 0 Å². The molecule has 3 aliphatic rings. The summed E-state index contributed by atoms with van der Waals surface area (Å²) < 4.78 is 5.67. The lowest BCUT2D eigenvalue weighted by molar-refractivity contribution is 0.0189. The molecule has 0 N–H and O–H groups in total. The number of rotatable bonds is 1. The molecule has 4 nitrogen and oxygen atoms in total. The first-order chi connectivity index (χ1) is 14.3. The Morgan fingerprint density at radius 2 is 1.97 bits per heavy atom. The number of anilines is 1. The summed E-state index contributed by atoms with van der Waals surface area (Å²) in [5.74, 6) is 0.331. The first kappa shape index (κ1) is 19.7. The Morgan fingerprint density at radius 1 is 1.13 bits per heavy atom. The number of halogens is 1.